The van der Waals surface area contributed by atoms with Crippen molar-refractivity contribution in [3.05, 3.63) is 0 Å². The van der Waals surface area contributed by atoms with E-state index in [-0.39, 0.29) is 60.1 Å². The van der Waals surface area contributed by atoms with Gasteiger partial charge in [-0.15, -0.1) is 24.8 Å². The first-order chi connectivity index (χ1) is 20.7. The molecule has 0 aliphatic rings. The maximum atomic E-state index is 10.7. The molecule has 48 heavy (non-hydrogen) atoms. The molecule has 0 radical (unpaired) electrons. The summed E-state index contributed by atoms with van der Waals surface area (Å²) in [7, 11) is 11.1. The fraction of sp³-hybridized carbons (Fsp3) is 0.692. The molecule has 0 heterocycles. The maximum absolute atomic E-state index is 10.7. The molecule has 13 N–H and O–H groups in total. The number of halogens is 3. The van der Waals surface area contributed by atoms with Crippen LogP contribution < -0.4 is 49.5 Å². The van der Waals surface area contributed by atoms with E-state index in [2.05, 4.69) is 48.9 Å². The molecule has 0 aliphatic heterocycles. The number of aliphatic imine (C=N–C) groups is 1. The Kier molecular flexibility index (Phi) is 52.8. The molecule has 288 valence electrons. The van der Waals surface area contributed by atoms with Crippen molar-refractivity contribution in [3.63, 3.8) is 0 Å². The number of primary amides is 2. The van der Waals surface area contributed by atoms with Gasteiger partial charge >= 0.3 is 0 Å². The first-order valence-corrected chi connectivity index (χ1v) is 14.3. The van der Waals surface area contributed by atoms with Gasteiger partial charge in [-0.05, 0) is 51.5 Å². The molecule has 0 fully saturated rings. The predicted octanol–water partition coefficient (Wildman–Crippen LogP) is -1.48. The third-order valence-corrected chi connectivity index (χ3v) is 4.32. The zero-order valence-corrected chi connectivity index (χ0v) is 33.7. The number of guanidine groups is 1. The normalized spacial score (nSPS) is 11.2. The first kappa shape index (κ1) is 63.4. The van der Waals surface area contributed by atoms with Crippen LogP contribution in [-0.4, -0.2) is 122 Å². The number of nitrogens with one attached hydrogen (secondary N) is 5. The summed E-state index contributed by atoms with van der Waals surface area (Å²) in [6.45, 7) is 12.2. The zero-order chi connectivity index (χ0) is 38.3. The Balaban J connectivity index is -0.0000000685. The Labute approximate surface area is 308 Å². The van der Waals surface area contributed by atoms with E-state index in [1.807, 2.05) is 52.0 Å². The van der Waals surface area contributed by atoms with Crippen LogP contribution in [0.15, 0.2) is 4.99 Å². The summed E-state index contributed by atoms with van der Waals surface area (Å²) in [6.07, 6.45) is -0.337. The molecule has 4 atom stereocenters. The molecule has 0 aromatic heterocycles. The fourth-order valence-corrected chi connectivity index (χ4v) is 1.85. The van der Waals surface area contributed by atoms with E-state index < -0.39 is 23.9 Å². The quantitative estimate of drug-likeness (QED) is 0.0490. The highest BCUT2D eigenvalue weighted by molar-refractivity contribution is 7.80. The maximum Gasteiger partial charge on any atom is 0.239 e. The Morgan fingerprint density at radius 2 is 1.04 bits per heavy atom. The van der Waals surface area contributed by atoms with Crippen molar-refractivity contribution >= 4 is 94.5 Å². The molecule has 0 bridgehead atoms. The summed E-state index contributed by atoms with van der Waals surface area (Å²) < 4.78 is 0. The lowest BCUT2D eigenvalue weighted by atomic mass is 10.3. The predicted molar refractivity (Wildman–Crippen MR) is 203 cm³/mol. The largest absolute Gasteiger partial charge is 0.368 e. The third-order valence-electron chi connectivity index (χ3n) is 3.75. The van der Waals surface area contributed by atoms with Crippen molar-refractivity contribution in [2.45, 2.75) is 79.8 Å². The van der Waals surface area contributed by atoms with E-state index >= 15 is 0 Å². The van der Waals surface area contributed by atoms with Gasteiger partial charge in [-0.25, -0.2) is 0 Å². The van der Waals surface area contributed by atoms with Crippen LogP contribution in [0.25, 0.3) is 0 Å². The molecule has 0 aromatic rings. The summed E-state index contributed by atoms with van der Waals surface area (Å²) in [6, 6.07) is -1.08. The van der Waals surface area contributed by atoms with Crippen molar-refractivity contribution in [2.75, 3.05) is 42.3 Å². The molecule has 18 nitrogen and oxygen atoms in total. The van der Waals surface area contributed by atoms with Gasteiger partial charge in [-0.2, -0.15) is 0 Å². The molecule has 5 amide bonds. The number of rotatable bonds is 6. The number of thiocarbonyl (C=S) groups is 1. The number of nitrogens with zero attached hydrogens (tertiary/aromatic N) is 3. The van der Waals surface area contributed by atoms with Crippen LogP contribution in [0.1, 0.15) is 55.4 Å². The highest BCUT2D eigenvalue weighted by Gasteiger charge is 2.08. The van der Waals surface area contributed by atoms with Crippen LogP contribution in [0.4, 0.5) is 0 Å². The second kappa shape index (κ2) is 39.9. The lowest BCUT2D eigenvalue weighted by Gasteiger charge is -2.21. The van der Waals surface area contributed by atoms with Gasteiger partial charge in [-0.1, -0.05) is 0 Å². The molecule has 0 saturated carbocycles. The molecule has 22 heteroatoms. The van der Waals surface area contributed by atoms with Gasteiger partial charge in [0.2, 0.25) is 34.8 Å². The van der Waals surface area contributed by atoms with Crippen molar-refractivity contribution < 1.29 is 28.8 Å². The van der Waals surface area contributed by atoms with Crippen molar-refractivity contribution in [1.29, 1.82) is 0 Å². The summed E-state index contributed by atoms with van der Waals surface area (Å²) in [4.78, 5) is 67.9. The van der Waals surface area contributed by atoms with Gasteiger partial charge in [0.05, 0.1) is 18.4 Å². The van der Waals surface area contributed by atoms with Crippen molar-refractivity contribution in [1.82, 2.24) is 36.4 Å². The molecule has 0 rings (SSSR count). The number of carbonyl (C=O) groups is 6. The Hall–Kier alpha value is -3.23. The SMILES string of the molecule is CC(=O)Cl.CC(=O)NC(C)C(N)=O.CC(=O)NC(C)N.CC(N)C(N)=O.CN=C(NC(C)NC(C)=O)N(C)C.CNC(=S)N(C)C.Cl.Cl. The molecule has 0 aromatic carbocycles. The number of hydrogen-bond donors (Lipinski definition) is 9. The molecule has 0 aliphatic carbocycles. The Bertz CT molecular complexity index is 940. The van der Waals surface area contributed by atoms with Crippen LogP contribution in [0.2, 0.25) is 0 Å². The first-order valence-electron chi connectivity index (χ1n) is 13.6. The topological polar surface area (TPSA) is 285 Å². The van der Waals surface area contributed by atoms with Gasteiger partial charge < -0.3 is 59.3 Å². The summed E-state index contributed by atoms with van der Waals surface area (Å²) in [5, 5.41) is 13.7. The molecule has 0 spiro atoms. The number of hydrogen-bond acceptors (Lipinski definition) is 10. The summed E-state index contributed by atoms with van der Waals surface area (Å²) in [5.41, 5.74) is 19.6. The van der Waals surface area contributed by atoms with E-state index in [0.29, 0.717) is 0 Å². The molecule has 0 saturated heterocycles. The van der Waals surface area contributed by atoms with Crippen LogP contribution >= 0.6 is 48.6 Å². The number of carbonyl (C=O) groups excluding carboxylic acids is 6. The van der Waals surface area contributed by atoms with E-state index in [1.165, 1.54) is 34.6 Å². The van der Waals surface area contributed by atoms with Gasteiger partial charge in [0.15, 0.2) is 11.1 Å². The monoisotopic (exact) mass is 774 g/mol. The van der Waals surface area contributed by atoms with Gasteiger partial charge in [0, 0.05) is 70.0 Å². The highest BCUT2D eigenvalue weighted by Crippen LogP contribution is 1.82. The fourth-order valence-electron chi connectivity index (χ4n) is 1.85. The second-order valence-corrected chi connectivity index (χ2v) is 10.4. The van der Waals surface area contributed by atoms with Crippen LogP contribution in [0.5, 0.6) is 0 Å². The van der Waals surface area contributed by atoms with E-state index in [4.69, 9.17) is 29.4 Å². The zero-order valence-electron chi connectivity index (χ0n) is 30.5. The van der Waals surface area contributed by atoms with Crippen molar-refractivity contribution in [3.8, 4) is 0 Å². The minimum atomic E-state index is -0.567. The standard InChI is InChI=1S/C8H18N4O.C5H10N2O2.C4H10N2O.C4H10N2S.C3H8N2O.C2H3ClO.2ClH/c1-6(10-7(2)13)11-8(9-3)12(4)5;1-3(5(6)9)7-4(2)8;1-3(5)6-4(2)7;1-5-4(7)6(2)3;1-2(4)3(5)6;1-2(3)4;;/h6H,1-5H3,(H,9,11)(H,10,13);3H,1-2H3,(H2,6,9)(H,7,8);3H,5H2,1-2H3,(H,6,7);1-3H3,(H,5,7);2H,4H2,1H3,(H2,5,6);1H3;2*1H. The smallest absolute Gasteiger partial charge is 0.239 e. The summed E-state index contributed by atoms with van der Waals surface area (Å²) >= 11 is 9.43. The highest BCUT2D eigenvalue weighted by atomic mass is 35.5. The molecular formula is C26H61Cl3N12O6S. The minimum Gasteiger partial charge on any atom is -0.368 e. The van der Waals surface area contributed by atoms with Crippen LogP contribution in [0.3, 0.4) is 0 Å². The van der Waals surface area contributed by atoms with Crippen molar-refractivity contribution in [2.24, 2.45) is 27.9 Å². The van der Waals surface area contributed by atoms with E-state index in [0.717, 1.165) is 11.1 Å². The lowest BCUT2D eigenvalue weighted by Crippen LogP contribution is -2.49. The van der Waals surface area contributed by atoms with Crippen LogP contribution in [0, 0.1) is 0 Å². The average molecular weight is 776 g/mol. The molecule has 4 unspecified atom stereocenters. The average Bonchev–Trinajstić information content (AvgIpc) is 2.85. The molecular weight excluding hydrogens is 715 g/mol. The van der Waals surface area contributed by atoms with E-state index in [1.54, 1.807) is 20.9 Å². The van der Waals surface area contributed by atoms with Gasteiger partial charge in [0.1, 0.15) is 6.04 Å². The third kappa shape index (κ3) is 69.5. The lowest BCUT2D eigenvalue weighted by molar-refractivity contribution is -0.125. The summed E-state index contributed by atoms with van der Waals surface area (Å²) in [5.74, 6) is -0.646. The Morgan fingerprint density at radius 1 is 0.708 bits per heavy atom. The number of nitrogens with two attached hydrogens (primary N) is 4. The minimum absolute atomic E-state index is 0. The van der Waals surface area contributed by atoms with E-state index in [9.17, 15) is 28.8 Å². The van der Waals surface area contributed by atoms with Crippen LogP contribution in [-0.2, 0) is 28.8 Å². The van der Waals surface area contributed by atoms with Gasteiger partial charge in [0.25, 0.3) is 0 Å². The van der Waals surface area contributed by atoms with Gasteiger partial charge in [-0.3, -0.25) is 33.8 Å². The second-order valence-electron chi connectivity index (χ2n) is 9.43. The number of amides is 5. The Morgan fingerprint density at radius 3 is 1.15 bits per heavy atom.